The largest absolute Gasteiger partial charge is 0.370 e. The predicted octanol–water partition coefficient (Wildman–Crippen LogP) is 1.26. The highest BCUT2D eigenvalue weighted by molar-refractivity contribution is 5.77. The summed E-state index contributed by atoms with van der Waals surface area (Å²) in [6.45, 7) is 8.56. The van der Waals surface area contributed by atoms with Crippen molar-refractivity contribution in [2.75, 3.05) is 50.7 Å². The predicted molar refractivity (Wildman–Crippen MR) is 89.8 cm³/mol. The quantitative estimate of drug-likeness (QED) is 0.614. The van der Waals surface area contributed by atoms with Gasteiger partial charge < -0.3 is 16.0 Å². The number of nitrogens with one attached hydrogen (secondary N) is 1. The number of rotatable bonds is 6. The average Bonchev–Trinajstić information content (AvgIpc) is 2.54. The van der Waals surface area contributed by atoms with E-state index in [4.69, 9.17) is 5.73 Å². The molecule has 5 nitrogen and oxygen atoms in total. The fraction of sp³-hybridized carbons (Fsp3) is 0.562. The molecule has 1 heterocycles. The second kappa shape index (κ2) is 8.58. The van der Waals surface area contributed by atoms with E-state index in [9.17, 15) is 4.39 Å². The van der Waals surface area contributed by atoms with Crippen molar-refractivity contribution in [2.45, 2.75) is 13.3 Å². The number of piperazine rings is 1. The van der Waals surface area contributed by atoms with Crippen LogP contribution in [0.2, 0.25) is 0 Å². The maximum Gasteiger partial charge on any atom is 0.188 e. The average molecular weight is 307 g/mol. The highest BCUT2D eigenvalue weighted by atomic mass is 19.1. The van der Waals surface area contributed by atoms with Crippen LogP contribution < -0.4 is 16.0 Å². The van der Waals surface area contributed by atoms with Gasteiger partial charge in [0.25, 0.3) is 0 Å². The molecule has 0 amide bonds. The second-order valence-electron chi connectivity index (χ2n) is 5.50. The van der Waals surface area contributed by atoms with Crippen molar-refractivity contribution in [3.05, 3.63) is 30.1 Å². The van der Waals surface area contributed by atoms with Crippen molar-refractivity contribution in [1.82, 2.24) is 10.2 Å². The van der Waals surface area contributed by atoms with E-state index in [1.165, 1.54) is 12.1 Å². The Labute approximate surface area is 132 Å². The molecule has 1 saturated heterocycles. The lowest BCUT2D eigenvalue weighted by molar-refractivity contribution is 0.261. The van der Waals surface area contributed by atoms with Crippen LogP contribution in [0.15, 0.2) is 29.3 Å². The molecule has 3 N–H and O–H groups in total. The highest BCUT2D eigenvalue weighted by Gasteiger charge is 2.16. The van der Waals surface area contributed by atoms with Gasteiger partial charge in [0.2, 0.25) is 0 Å². The zero-order valence-corrected chi connectivity index (χ0v) is 13.3. The Morgan fingerprint density at radius 2 is 1.91 bits per heavy atom. The zero-order chi connectivity index (χ0) is 15.8. The normalized spacial score (nSPS) is 16.8. The molecule has 0 aromatic heterocycles. The fourth-order valence-electron chi connectivity index (χ4n) is 2.51. The lowest BCUT2D eigenvalue weighted by Gasteiger charge is -2.36. The van der Waals surface area contributed by atoms with Crippen LogP contribution >= 0.6 is 0 Å². The van der Waals surface area contributed by atoms with Crippen LogP contribution in [0.25, 0.3) is 0 Å². The van der Waals surface area contributed by atoms with E-state index in [0.29, 0.717) is 5.96 Å². The molecule has 1 aromatic carbocycles. The van der Waals surface area contributed by atoms with E-state index < -0.39 is 0 Å². The Morgan fingerprint density at radius 1 is 1.23 bits per heavy atom. The minimum atomic E-state index is -0.184. The van der Waals surface area contributed by atoms with Gasteiger partial charge in [-0.25, -0.2) is 4.39 Å². The van der Waals surface area contributed by atoms with Gasteiger partial charge in [0.1, 0.15) is 5.82 Å². The molecule has 0 aliphatic carbocycles. The van der Waals surface area contributed by atoms with Crippen molar-refractivity contribution in [3.8, 4) is 0 Å². The second-order valence-corrected chi connectivity index (χ2v) is 5.50. The molecular weight excluding hydrogens is 281 g/mol. The third kappa shape index (κ3) is 5.18. The molecule has 122 valence electrons. The van der Waals surface area contributed by atoms with Crippen molar-refractivity contribution >= 4 is 11.6 Å². The summed E-state index contributed by atoms with van der Waals surface area (Å²) < 4.78 is 12.9. The number of nitrogens with two attached hydrogens (primary N) is 1. The fourth-order valence-corrected chi connectivity index (χ4v) is 2.51. The molecule has 0 atom stereocenters. The number of halogens is 1. The van der Waals surface area contributed by atoms with E-state index in [1.807, 2.05) is 12.1 Å². The van der Waals surface area contributed by atoms with Gasteiger partial charge in [-0.05, 0) is 30.7 Å². The number of guanidine groups is 1. The number of hydrogen-bond acceptors (Lipinski definition) is 3. The molecular formula is C16H26FN5. The molecule has 1 aliphatic rings. The van der Waals surface area contributed by atoms with Gasteiger partial charge in [0.05, 0.1) is 0 Å². The molecule has 0 bridgehead atoms. The Balaban J connectivity index is 1.68. The molecule has 1 aromatic rings. The Bertz CT molecular complexity index is 466. The molecule has 22 heavy (non-hydrogen) atoms. The number of nitrogens with zero attached hydrogens (tertiary/aromatic N) is 3. The zero-order valence-electron chi connectivity index (χ0n) is 13.3. The molecule has 0 radical (unpaired) electrons. The maximum atomic E-state index is 12.9. The van der Waals surface area contributed by atoms with E-state index in [0.717, 1.165) is 57.9 Å². The van der Waals surface area contributed by atoms with Crippen molar-refractivity contribution in [3.63, 3.8) is 0 Å². The standard InChI is InChI=1S/C16H26FN5/c1-2-7-19-16(18)20-8-9-21-10-12-22(13-11-21)15-5-3-14(17)4-6-15/h3-6H,2,7-13H2,1H3,(H3,18,19,20). The first-order chi connectivity index (χ1) is 10.7. The van der Waals surface area contributed by atoms with Gasteiger partial charge in [-0.2, -0.15) is 0 Å². The summed E-state index contributed by atoms with van der Waals surface area (Å²) in [5.41, 5.74) is 6.86. The number of benzene rings is 1. The first-order valence-corrected chi connectivity index (χ1v) is 7.95. The minimum absolute atomic E-state index is 0.184. The lowest BCUT2D eigenvalue weighted by Crippen LogP contribution is -2.49. The van der Waals surface area contributed by atoms with E-state index in [-0.39, 0.29) is 5.82 Å². The van der Waals surface area contributed by atoms with Crippen LogP contribution in [-0.4, -0.2) is 56.7 Å². The highest BCUT2D eigenvalue weighted by Crippen LogP contribution is 2.16. The van der Waals surface area contributed by atoms with Gasteiger partial charge in [-0.3, -0.25) is 9.89 Å². The van der Waals surface area contributed by atoms with Crippen molar-refractivity contribution < 1.29 is 4.39 Å². The molecule has 0 unspecified atom stereocenters. The van der Waals surface area contributed by atoms with Gasteiger partial charge in [0.15, 0.2) is 5.96 Å². The Morgan fingerprint density at radius 3 is 2.55 bits per heavy atom. The van der Waals surface area contributed by atoms with E-state index in [1.54, 1.807) is 0 Å². The summed E-state index contributed by atoms with van der Waals surface area (Å²) in [5, 5.41) is 3.14. The third-order valence-corrected chi connectivity index (χ3v) is 3.80. The minimum Gasteiger partial charge on any atom is -0.370 e. The smallest absolute Gasteiger partial charge is 0.188 e. The van der Waals surface area contributed by atoms with Crippen LogP contribution in [0.4, 0.5) is 10.1 Å². The molecule has 0 spiro atoms. The summed E-state index contributed by atoms with van der Waals surface area (Å²) in [6, 6.07) is 6.73. The monoisotopic (exact) mass is 307 g/mol. The van der Waals surface area contributed by atoms with Gasteiger partial charge in [-0.15, -0.1) is 0 Å². The van der Waals surface area contributed by atoms with Crippen LogP contribution in [0, 0.1) is 5.82 Å². The van der Waals surface area contributed by atoms with Gasteiger partial charge >= 0.3 is 0 Å². The summed E-state index contributed by atoms with van der Waals surface area (Å²) >= 11 is 0. The molecule has 2 rings (SSSR count). The van der Waals surface area contributed by atoms with Gasteiger partial charge in [-0.1, -0.05) is 6.92 Å². The summed E-state index contributed by atoms with van der Waals surface area (Å²) in [5.74, 6) is 0.350. The van der Waals surface area contributed by atoms with Crippen LogP contribution in [0.5, 0.6) is 0 Å². The Kier molecular flexibility index (Phi) is 6.45. The Hall–Kier alpha value is -1.82. The summed E-state index contributed by atoms with van der Waals surface area (Å²) in [4.78, 5) is 8.91. The number of anilines is 1. The summed E-state index contributed by atoms with van der Waals surface area (Å²) in [7, 11) is 0. The van der Waals surface area contributed by atoms with E-state index in [2.05, 4.69) is 27.0 Å². The van der Waals surface area contributed by atoms with E-state index >= 15 is 0 Å². The van der Waals surface area contributed by atoms with Crippen molar-refractivity contribution in [2.24, 2.45) is 10.7 Å². The number of aliphatic imine (C=N–C) groups is 1. The summed E-state index contributed by atoms with van der Waals surface area (Å²) in [6.07, 6.45) is 1.01. The molecule has 0 saturated carbocycles. The van der Waals surface area contributed by atoms with Crippen molar-refractivity contribution in [1.29, 1.82) is 0 Å². The van der Waals surface area contributed by atoms with Crippen LogP contribution in [-0.2, 0) is 0 Å². The van der Waals surface area contributed by atoms with Crippen LogP contribution in [0.1, 0.15) is 13.3 Å². The molecule has 1 fully saturated rings. The third-order valence-electron chi connectivity index (χ3n) is 3.80. The SMILES string of the molecule is CCCN=C(N)NCCN1CCN(c2ccc(F)cc2)CC1. The lowest BCUT2D eigenvalue weighted by atomic mass is 10.2. The first-order valence-electron chi connectivity index (χ1n) is 7.95. The topological polar surface area (TPSA) is 56.9 Å². The molecule has 1 aliphatic heterocycles. The first kappa shape index (κ1) is 16.5. The van der Waals surface area contributed by atoms with Gasteiger partial charge in [0, 0.05) is 51.5 Å². The maximum absolute atomic E-state index is 12.9. The molecule has 6 heteroatoms. The van der Waals surface area contributed by atoms with Crippen LogP contribution in [0.3, 0.4) is 0 Å². The number of hydrogen-bond donors (Lipinski definition) is 2.